The van der Waals surface area contributed by atoms with Crippen LogP contribution >= 0.6 is 11.6 Å². The molecule has 98 valence electrons. The highest BCUT2D eigenvalue weighted by Gasteiger charge is 2.14. The van der Waals surface area contributed by atoms with Crippen LogP contribution < -0.4 is 0 Å². The lowest BCUT2D eigenvalue weighted by Gasteiger charge is -2.02. The van der Waals surface area contributed by atoms with Crippen LogP contribution in [0.25, 0.3) is 11.8 Å². The van der Waals surface area contributed by atoms with E-state index >= 15 is 0 Å². The summed E-state index contributed by atoms with van der Waals surface area (Å²) in [5.41, 5.74) is 2.38. The van der Waals surface area contributed by atoms with E-state index in [9.17, 15) is 4.79 Å². The van der Waals surface area contributed by atoms with Crippen molar-refractivity contribution in [3.05, 3.63) is 52.3 Å². The minimum Gasteiger partial charge on any atom is -0.478 e. The molecule has 1 aromatic heterocycles. The third-order valence-corrected chi connectivity index (χ3v) is 3.11. The number of carboxylic acid groups (broad SMARTS) is 1. The highest BCUT2D eigenvalue weighted by Crippen LogP contribution is 2.25. The van der Waals surface area contributed by atoms with Gasteiger partial charge in [0.25, 0.3) is 0 Å². The van der Waals surface area contributed by atoms with E-state index in [1.807, 2.05) is 30.3 Å². The summed E-state index contributed by atoms with van der Waals surface area (Å²) in [5.74, 6) is -0.970. The molecule has 1 N–H and O–H groups in total. The number of carboxylic acids is 1. The van der Waals surface area contributed by atoms with Gasteiger partial charge in [0.15, 0.2) is 0 Å². The van der Waals surface area contributed by atoms with Crippen LogP contribution in [0.5, 0.6) is 0 Å². The van der Waals surface area contributed by atoms with Crippen molar-refractivity contribution < 1.29 is 9.90 Å². The summed E-state index contributed by atoms with van der Waals surface area (Å²) in [4.78, 5) is 10.9. The molecular formula is C14H13ClN2O2. The first-order valence-corrected chi connectivity index (χ1v) is 6.10. The Labute approximate surface area is 115 Å². The molecule has 0 atom stereocenters. The number of hydrogen-bond donors (Lipinski definition) is 1. The number of aliphatic carboxylic acids is 1. The molecule has 0 fully saturated rings. The van der Waals surface area contributed by atoms with Gasteiger partial charge in [-0.05, 0) is 32.1 Å². The standard InChI is InChI=1S/C14H13ClN2O2/c1-9(14(18)19)8-12-10(2)16-17(13(12)15)11-6-4-3-5-7-11/h3-8H,1-2H3,(H,18,19)/b9-8+. The van der Waals surface area contributed by atoms with E-state index in [1.165, 1.54) is 13.0 Å². The molecule has 0 amide bonds. The maximum atomic E-state index is 10.9. The molecule has 0 radical (unpaired) electrons. The van der Waals surface area contributed by atoms with Gasteiger partial charge >= 0.3 is 5.97 Å². The third kappa shape index (κ3) is 2.69. The highest BCUT2D eigenvalue weighted by molar-refractivity contribution is 6.31. The number of carbonyl (C=O) groups is 1. The number of rotatable bonds is 3. The number of nitrogens with zero attached hydrogens (tertiary/aromatic N) is 2. The van der Waals surface area contributed by atoms with Crippen molar-refractivity contribution in [2.75, 3.05) is 0 Å². The fourth-order valence-electron chi connectivity index (χ4n) is 1.69. The van der Waals surface area contributed by atoms with E-state index in [4.69, 9.17) is 16.7 Å². The first-order chi connectivity index (χ1) is 9.00. The van der Waals surface area contributed by atoms with Crippen molar-refractivity contribution in [2.24, 2.45) is 0 Å². The van der Waals surface area contributed by atoms with Gasteiger partial charge in [-0.25, -0.2) is 9.48 Å². The summed E-state index contributed by atoms with van der Waals surface area (Å²) < 4.78 is 1.60. The van der Waals surface area contributed by atoms with Crippen LogP contribution in [0, 0.1) is 6.92 Å². The molecular weight excluding hydrogens is 264 g/mol. The summed E-state index contributed by atoms with van der Waals surface area (Å²) in [6, 6.07) is 9.45. The topological polar surface area (TPSA) is 55.1 Å². The molecule has 0 spiro atoms. The van der Waals surface area contributed by atoms with Crippen LogP contribution in [0.1, 0.15) is 18.2 Å². The zero-order chi connectivity index (χ0) is 14.0. The van der Waals surface area contributed by atoms with E-state index in [0.717, 1.165) is 5.69 Å². The average Bonchev–Trinajstić information content (AvgIpc) is 2.67. The van der Waals surface area contributed by atoms with Crippen molar-refractivity contribution in [3.63, 3.8) is 0 Å². The second kappa shape index (κ2) is 5.28. The summed E-state index contributed by atoms with van der Waals surface area (Å²) in [7, 11) is 0. The Balaban J connectivity index is 2.53. The molecule has 0 bridgehead atoms. The average molecular weight is 277 g/mol. The Hall–Kier alpha value is -2.07. The van der Waals surface area contributed by atoms with Crippen LogP contribution in [0.2, 0.25) is 5.15 Å². The van der Waals surface area contributed by atoms with Gasteiger partial charge in [-0.15, -0.1) is 0 Å². The van der Waals surface area contributed by atoms with Gasteiger partial charge in [-0.2, -0.15) is 5.10 Å². The lowest BCUT2D eigenvalue weighted by Crippen LogP contribution is -1.96. The van der Waals surface area contributed by atoms with Crippen LogP contribution in [-0.2, 0) is 4.79 Å². The first-order valence-electron chi connectivity index (χ1n) is 5.73. The molecule has 2 aromatic rings. The maximum Gasteiger partial charge on any atom is 0.331 e. The molecule has 0 saturated heterocycles. The summed E-state index contributed by atoms with van der Waals surface area (Å²) in [6.45, 7) is 3.32. The molecule has 5 heteroatoms. The third-order valence-electron chi connectivity index (χ3n) is 2.75. The number of halogens is 1. The van der Waals surface area contributed by atoms with Crippen molar-refractivity contribution in [3.8, 4) is 5.69 Å². The van der Waals surface area contributed by atoms with Crippen molar-refractivity contribution >= 4 is 23.6 Å². The monoisotopic (exact) mass is 276 g/mol. The molecule has 0 aliphatic carbocycles. The molecule has 0 aliphatic rings. The summed E-state index contributed by atoms with van der Waals surface area (Å²) in [5, 5.41) is 13.7. The molecule has 19 heavy (non-hydrogen) atoms. The maximum absolute atomic E-state index is 10.9. The zero-order valence-corrected chi connectivity index (χ0v) is 11.3. The van der Waals surface area contributed by atoms with Gasteiger partial charge < -0.3 is 5.11 Å². The van der Waals surface area contributed by atoms with Crippen LogP contribution in [0.3, 0.4) is 0 Å². The van der Waals surface area contributed by atoms with Gasteiger partial charge in [0.05, 0.1) is 11.4 Å². The van der Waals surface area contributed by atoms with E-state index in [-0.39, 0.29) is 5.57 Å². The minimum absolute atomic E-state index is 0.220. The Morgan fingerprint density at radius 2 is 2.00 bits per heavy atom. The largest absolute Gasteiger partial charge is 0.478 e. The predicted molar refractivity (Wildman–Crippen MR) is 74.6 cm³/mol. The van der Waals surface area contributed by atoms with Crippen molar-refractivity contribution in [2.45, 2.75) is 13.8 Å². The van der Waals surface area contributed by atoms with Gasteiger partial charge in [0.1, 0.15) is 5.15 Å². The van der Waals surface area contributed by atoms with Gasteiger partial charge in [0.2, 0.25) is 0 Å². The first kappa shape index (κ1) is 13.4. The Bertz CT molecular complexity index is 645. The second-order valence-corrected chi connectivity index (χ2v) is 4.53. The fourth-order valence-corrected chi connectivity index (χ4v) is 2.02. The molecule has 4 nitrogen and oxygen atoms in total. The van der Waals surface area contributed by atoms with Crippen LogP contribution in [0.15, 0.2) is 35.9 Å². The molecule has 2 rings (SSSR count). The van der Waals surface area contributed by atoms with Crippen LogP contribution in [0.4, 0.5) is 0 Å². The minimum atomic E-state index is -0.970. The normalized spacial score (nSPS) is 11.6. The van der Waals surface area contributed by atoms with Crippen LogP contribution in [-0.4, -0.2) is 20.9 Å². The lowest BCUT2D eigenvalue weighted by molar-refractivity contribution is -0.132. The molecule has 1 aromatic carbocycles. The highest BCUT2D eigenvalue weighted by atomic mass is 35.5. The number of hydrogen-bond acceptors (Lipinski definition) is 2. The smallest absolute Gasteiger partial charge is 0.331 e. The number of para-hydroxylation sites is 1. The Morgan fingerprint density at radius 1 is 1.37 bits per heavy atom. The molecule has 0 unspecified atom stereocenters. The lowest BCUT2D eigenvalue weighted by atomic mass is 10.2. The predicted octanol–water partition coefficient (Wildman–Crippen LogP) is 3.32. The fraction of sp³-hybridized carbons (Fsp3) is 0.143. The molecule has 1 heterocycles. The number of aromatic nitrogens is 2. The Kier molecular flexibility index (Phi) is 3.71. The molecule has 0 aliphatic heterocycles. The Morgan fingerprint density at radius 3 is 2.58 bits per heavy atom. The van der Waals surface area contributed by atoms with Gasteiger partial charge in [0, 0.05) is 11.1 Å². The van der Waals surface area contributed by atoms with E-state index in [2.05, 4.69) is 5.10 Å². The summed E-state index contributed by atoms with van der Waals surface area (Å²) >= 11 is 6.28. The van der Waals surface area contributed by atoms with Crippen molar-refractivity contribution in [1.29, 1.82) is 0 Å². The second-order valence-electron chi connectivity index (χ2n) is 4.17. The van der Waals surface area contributed by atoms with Crippen molar-refractivity contribution in [1.82, 2.24) is 9.78 Å². The van der Waals surface area contributed by atoms with Gasteiger partial charge in [-0.1, -0.05) is 29.8 Å². The number of aryl methyl sites for hydroxylation is 1. The van der Waals surface area contributed by atoms with E-state index in [1.54, 1.807) is 11.6 Å². The SMILES string of the molecule is C/C(=C\c1c(C)nn(-c2ccccc2)c1Cl)C(=O)O. The summed E-state index contributed by atoms with van der Waals surface area (Å²) in [6.07, 6.45) is 1.53. The zero-order valence-electron chi connectivity index (χ0n) is 10.6. The van der Waals surface area contributed by atoms with E-state index in [0.29, 0.717) is 16.4 Å². The number of benzene rings is 1. The van der Waals surface area contributed by atoms with Gasteiger partial charge in [-0.3, -0.25) is 0 Å². The quantitative estimate of drug-likeness (QED) is 0.875. The molecule has 0 saturated carbocycles. The van der Waals surface area contributed by atoms with E-state index < -0.39 is 5.97 Å².